The van der Waals surface area contributed by atoms with Crippen molar-refractivity contribution in [1.29, 1.82) is 0 Å². The summed E-state index contributed by atoms with van der Waals surface area (Å²) < 4.78 is 5.61. The van der Waals surface area contributed by atoms with Crippen LogP contribution in [0, 0.1) is 0 Å². The molecule has 0 aromatic carbocycles. The number of carbonyl (C=O) groups excluding carboxylic acids is 1. The Kier molecular flexibility index (Phi) is 3.82. The van der Waals surface area contributed by atoms with Crippen molar-refractivity contribution in [1.82, 2.24) is 10.2 Å². The van der Waals surface area contributed by atoms with E-state index in [1.807, 2.05) is 11.8 Å². The molecule has 0 radical (unpaired) electrons. The molecule has 4 nitrogen and oxygen atoms in total. The van der Waals surface area contributed by atoms with Gasteiger partial charge in [-0.25, -0.2) is 0 Å². The molecular weight excluding hydrogens is 204 g/mol. The van der Waals surface area contributed by atoms with Gasteiger partial charge in [-0.05, 0) is 32.7 Å². The van der Waals surface area contributed by atoms with Crippen LogP contribution in [-0.2, 0) is 9.53 Å². The van der Waals surface area contributed by atoms with Crippen LogP contribution in [0.1, 0.15) is 33.1 Å². The maximum absolute atomic E-state index is 12.3. The first-order chi connectivity index (χ1) is 7.72. The monoisotopic (exact) mass is 226 g/mol. The van der Waals surface area contributed by atoms with Gasteiger partial charge >= 0.3 is 0 Å². The van der Waals surface area contributed by atoms with Gasteiger partial charge in [0.15, 0.2) is 0 Å². The molecule has 0 saturated carbocycles. The highest BCUT2D eigenvalue weighted by molar-refractivity contribution is 5.82. The third-order valence-electron chi connectivity index (χ3n) is 3.58. The molecule has 2 heterocycles. The van der Waals surface area contributed by atoms with Crippen molar-refractivity contribution < 1.29 is 9.53 Å². The fourth-order valence-corrected chi connectivity index (χ4v) is 2.55. The number of hydrogen-bond acceptors (Lipinski definition) is 3. The fourth-order valence-electron chi connectivity index (χ4n) is 2.55. The first kappa shape index (κ1) is 11.9. The van der Waals surface area contributed by atoms with Gasteiger partial charge in [-0.1, -0.05) is 6.92 Å². The number of nitrogens with one attached hydrogen (secondary N) is 1. The van der Waals surface area contributed by atoms with Crippen LogP contribution in [0.2, 0.25) is 0 Å². The van der Waals surface area contributed by atoms with Crippen molar-refractivity contribution in [3.05, 3.63) is 0 Å². The van der Waals surface area contributed by atoms with Crippen LogP contribution in [0.4, 0.5) is 0 Å². The standard InChI is InChI=1S/C12H22N2O2/c1-3-10-8-16-9(2)7-14(10)12(15)11-5-4-6-13-11/h9-11,13H,3-8H2,1-2H3/t9?,10?,11-/m1/s1. The summed E-state index contributed by atoms with van der Waals surface area (Å²) >= 11 is 0. The topological polar surface area (TPSA) is 41.6 Å². The van der Waals surface area contributed by atoms with Gasteiger partial charge in [0, 0.05) is 6.54 Å². The number of morpholine rings is 1. The summed E-state index contributed by atoms with van der Waals surface area (Å²) in [6.07, 6.45) is 3.26. The van der Waals surface area contributed by atoms with Crippen LogP contribution >= 0.6 is 0 Å². The predicted octanol–water partition coefficient (Wildman–Crippen LogP) is 0.764. The lowest BCUT2D eigenvalue weighted by Crippen LogP contribution is -2.55. The Morgan fingerprint density at radius 1 is 1.56 bits per heavy atom. The second-order valence-corrected chi connectivity index (χ2v) is 4.85. The Labute approximate surface area is 97.3 Å². The van der Waals surface area contributed by atoms with Crippen molar-refractivity contribution in [2.45, 2.75) is 51.3 Å². The quantitative estimate of drug-likeness (QED) is 0.756. The minimum atomic E-state index is 0.0550. The largest absolute Gasteiger partial charge is 0.375 e. The van der Waals surface area contributed by atoms with Crippen LogP contribution in [0.5, 0.6) is 0 Å². The van der Waals surface area contributed by atoms with E-state index in [2.05, 4.69) is 12.2 Å². The van der Waals surface area contributed by atoms with Gasteiger partial charge < -0.3 is 15.0 Å². The van der Waals surface area contributed by atoms with Crippen LogP contribution in [0.25, 0.3) is 0 Å². The molecule has 2 aliphatic rings. The van der Waals surface area contributed by atoms with E-state index in [-0.39, 0.29) is 24.1 Å². The number of nitrogens with zero attached hydrogens (tertiary/aromatic N) is 1. The first-order valence-corrected chi connectivity index (χ1v) is 6.37. The highest BCUT2D eigenvalue weighted by Gasteiger charge is 2.34. The molecule has 1 N–H and O–H groups in total. The van der Waals surface area contributed by atoms with Gasteiger partial charge in [-0.2, -0.15) is 0 Å². The Bertz CT molecular complexity index is 251. The van der Waals surface area contributed by atoms with Crippen molar-refractivity contribution >= 4 is 5.91 Å². The summed E-state index contributed by atoms with van der Waals surface area (Å²) in [5.74, 6) is 0.277. The molecule has 0 aromatic rings. The molecule has 0 aliphatic carbocycles. The zero-order valence-corrected chi connectivity index (χ0v) is 10.2. The fraction of sp³-hybridized carbons (Fsp3) is 0.917. The smallest absolute Gasteiger partial charge is 0.240 e. The SMILES string of the molecule is CCC1COC(C)CN1C(=O)[C@H]1CCCN1. The van der Waals surface area contributed by atoms with Gasteiger partial charge in [0.25, 0.3) is 0 Å². The van der Waals surface area contributed by atoms with Gasteiger partial charge in [-0.3, -0.25) is 4.79 Å². The molecular formula is C12H22N2O2. The molecule has 0 aromatic heterocycles. The lowest BCUT2D eigenvalue weighted by atomic mass is 10.1. The maximum Gasteiger partial charge on any atom is 0.240 e. The molecule has 2 unspecified atom stereocenters. The molecule has 2 saturated heterocycles. The third kappa shape index (κ3) is 2.38. The van der Waals surface area contributed by atoms with E-state index < -0.39 is 0 Å². The molecule has 2 aliphatic heterocycles. The summed E-state index contributed by atoms with van der Waals surface area (Å²) in [6, 6.07) is 0.324. The van der Waals surface area contributed by atoms with E-state index in [0.717, 1.165) is 32.4 Å². The van der Waals surface area contributed by atoms with Crippen LogP contribution in [0.15, 0.2) is 0 Å². The highest BCUT2D eigenvalue weighted by Crippen LogP contribution is 2.18. The number of hydrogen-bond donors (Lipinski definition) is 1. The van der Waals surface area contributed by atoms with Crippen molar-refractivity contribution in [2.75, 3.05) is 19.7 Å². The molecule has 0 spiro atoms. The summed E-state index contributed by atoms with van der Waals surface area (Å²) in [4.78, 5) is 14.3. The Hall–Kier alpha value is -0.610. The van der Waals surface area contributed by atoms with Gasteiger partial charge in [0.1, 0.15) is 0 Å². The number of amides is 1. The third-order valence-corrected chi connectivity index (χ3v) is 3.58. The lowest BCUT2D eigenvalue weighted by molar-refractivity contribution is -0.146. The molecule has 1 amide bonds. The minimum Gasteiger partial charge on any atom is -0.375 e. The molecule has 4 heteroatoms. The molecule has 92 valence electrons. The molecule has 2 rings (SSSR count). The van der Waals surface area contributed by atoms with Crippen molar-refractivity contribution in [3.63, 3.8) is 0 Å². The van der Waals surface area contributed by atoms with E-state index in [0.29, 0.717) is 6.61 Å². The van der Waals surface area contributed by atoms with E-state index in [9.17, 15) is 4.79 Å². The average molecular weight is 226 g/mol. The summed E-state index contributed by atoms with van der Waals surface area (Å²) in [6.45, 7) is 6.57. The second kappa shape index (κ2) is 5.15. The summed E-state index contributed by atoms with van der Waals surface area (Å²) in [5, 5.41) is 3.28. The number of rotatable bonds is 2. The predicted molar refractivity (Wildman–Crippen MR) is 62.2 cm³/mol. The van der Waals surface area contributed by atoms with E-state index >= 15 is 0 Å². The van der Waals surface area contributed by atoms with E-state index in [1.165, 1.54) is 0 Å². The van der Waals surface area contributed by atoms with Crippen molar-refractivity contribution in [3.8, 4) is 0 Å². The van der Waals surface area contributed by atoms with Crippen LogP contribution in [0.3, 0.4) is 0 Å². The molecule has 0 bridgehead atoms. The highest BCUT2D eigenvalue weighted by atomic mass is 16.5. The number of carbonyl (C=O) groups is 1. The van der Waals surface area contributed by atoms with E-state index in [4.69, 9.17) is 4.74 Å². The summed E-state index contributed by atoms with van der Waals surface area (Å²) in [7, 11) is 0. The maximum atomic E-state index is 12.3. The molecule has 16 heavy (non-hydrogen) atoms. The van der Waals surface area contributed by atoms with Gasteiger partial charge in [0.2, 0.25) is 5.91 Å². The average Bonchev–Trinajstić information content (AvgIpc) is 2.81. The second-order valence-electron chi connectivity index (χ2n) is 4.85. The molecule has 2 fully saturated rings. The zero-order chi connectivity index (χ0) is 11.5. The Morgan fingerprint density at radius 2 is 2.38 bits per heavy atom. The Morgan fingerprint density at radius 3 is 3.00 bits per heavy atom. The first-order valence-electron chi connectivity index (χ1n) is 6.37. The minimum absolute atomic E-state index is 0.0550. The van der Waals surface area contributed by atoms with Gasteiger partial charge in [-0.15, -0.1) is 0 Å². The van der Waals surface area contributed by atoms with E-state index in [1.54, 1.807) is 0 Å². The lowest BCUT2D eigenvalue weighted by Gasteiger charge is -2.39. The molecule has 3 atom stereocenters. The summed E-state index contributed by atoms with van der Waals surface area (Å²) in [5.41, 5.74) is 0. The van der Waals surface area contributed by atoms with Crippen LogP contribution < -0.4 is 5.32 Å². The number of ether oxygens (including phenoxy) is 1. The normalized spacial score (nSPS) is 35.4. The Balaban J connectivity index is 2.00. The van der Waals surface area contributed by atoms with Gasteiger partial charge in [0.05, 0.1) is 24.8 Å². The zero-order valence-electron chi connectivity index (χ0n) is 10.2. The van der Waals surface area contributed by atoms with Crippen molar-refractivity contribution in [2.24, 2.45) is 0 Å². The van der Waals surface area contributed by atoms with Crippen LogP contribution in [-0.4, -0.2) is 48.7 Å².